The van der Waals surface area contributed by atoms with E-state index in [1.807, 2.05) is 25.1 Å². The maximum absolute atomic E-state index is 8.57. The standard InChI is InChI=1S/C12H13NO2/c1-9(6-7-13)11-5-4-10(14-2)8-12(11)15-3/h4-6,8H,1-3H3/b9-6+. The molecule has 0 spiro atoms. The predicted molar refractivity (Wildman–Crippen MR) is 58.8 cm³/mol. The van der Waals surface area contributed by atoms with Crippen molar-refractivity contribution < 1.29 is 9.47 Å². The first-order valence-electron chi connectivity index (χ1n) is 4.51. The second-order valence-electron chi connectivity index (χ2n) is 3.02. The molecule has 0 unspecified atom stereocenters. The zero-order valence-electron chi connectivity index (χ0n) is 9.07. The lowest BCUT2D eigenvalue weighted by atomic mass is 10.1. The summed E-state index contributed by atoms with van der Waals surface area (Å²) >= 11 is 0. The lowest BCUT2D eigenvalue weighted by molar-refractivity contribution is 0.393. The van der Waals surface area contributed by atoms with Crippen molar-refractivity contribution in [2.45, 2.75) is 6.92 Å². The number of rotatable bonds is 3. The normalized spacial score (nSPS) is 10.7. The summed E-state index contributed by atoms with van der Waals surface area (Å²) in [6.45, 7) is 1.87. The maximum atomic E-state index is 8.57. The fraction of sp³-hybridized carbons (Fsp3) is 0.250. The van der Waals surface area contributed by atoms with Crippen LogP contribution in [0.2, 0.25) is 0 Å². The Morgan fingerprint density at radius 1 is 1.33 bits per heavy atom. The third-order valence-electron chi connectivity index (χ3n) is 2.11. The van der Waals surface area contributed by atoms with E-state index in [1.54, 1.807) is 20.3 Å². The number of hydrogen-bond acceptors (Lipinski definition) is 3. The zero-order valence-corrected chi connectivity index (χ0v) is 9.07. The maximum Gasteiger partial charge on any atom is 0.130 e. The zero-order chi connectivity index (χ0) is 11.3. The largest absolute Gasteiger partial charge is 0.497 e. The van der Waals surface area contributed by atoms with Gasteiger partial charge in [-0.05, 0) is 24.6 Å². The molecule has 0 saturated carbocycles. The van der Waals surface area contributed by atoms with Crippen LogP contribution in [-0.2, 0) is 0 Å². The number of methoxy groups -OCH3 is 2. The summed E-state index contributed by atoms with van der Waals surface area (Å²) in [4.78, 5) is 0. The van der Waals surface area contributed by atoms with Gasteiger partial charge in [-0.3, -0.25) is 0 Å². The van der Waals surface area contributed by atoms with E-state index in [4.69, 9.17) is 14.7 Å². The molecule has 0 N–H and O–H groups in total. The molecule has 0 radical (unpaired) electrons. The van der Waals surface area contributed by atoms with E-state index in [2.05, 4.69) is 0 Å². The van der Waals surface area contributed by atoms with Crippen LogP contribution in [0, 0.1) is 11.3 Å². The summed E-state index contributed by atoms with van der Waals surface area (Å²) in [5.74, 6) is 1.44. The summed E-state index contributed by atoms with van der Waals surface area (Å²) < 4.78 is 10.3. The molecular weight excluding hydrogens is 190 g/mol. The Labute approximate surface area is 89.6 Å². The Bertz CT molecular complexity index is 416. The van der Waals surface area contributed by atoms with Gasteiger partial charge in [0.25, 0.3) is 0 Å². The van der Waals surface area contributed by atoms with Crippen molar-refractivity contribution in [2.75, 3.05) is 14.2 Å². The Kier molecular flexibility index (Phi) is 3.75. The van der Waals surface area contributed by atoms with E-state index in [0.29, 0.717) is 5.75 Å². The molecular formula is C12H13NO2. The highest BCUT2D eigenvalue weighted by atomic mass is 16.5. The van der Waals surface area contributed by atoms with Crippen molar-refractivity contribution in [2.24, 2.45) is 0 Å². The van der Waals surface area contributed by atoms with Gasteiger partial charge in [0, 0.05) is 17.7 Å². The molecule has 0 amide bonds. The van der Waals surface area contributed by atoms with Gasteiger partial charge in [-0.25, -0.2) is 0 Å². The number of hydrogen-bond donors (Lipinski definition) is 0. The number of benzene rings is 1. The van der Waals surface area contributed by atoms with E-state index in [0.717, 1.165) is 16.9 Å². The fourth-order valence-electron chi connectivity index (χ4n) is 1.30. The van der Waals surface area contributed by atoms with Gasteiger partial charge in [-0.1, -0.05) is 0 Å². The second kappa shape index (κ2) is 5.06. The minimum atomic E-state index is 0.707. The number of nitriles is 1. The van der Waals surface area contributed by atoms with Crippen molar-refractivity contribution in [3.63, 3.8) is 0 Å². The quantitative estimate of drug-likeness (QED) is 0.709. The van der Waals surface area contributed by atoms with Crippen LogP contribution in [-0.4, -0.2) is 14.2 Å². The van der Waals surface area contributed by atoms with E-state index in [9.17, 15) is 0 Å². The Morgan fingerprint density at radius 3 is 2.60 bits per heavy atom. The minimum absolute atomic E-state index is 0.707. The summed E-state index contributed by atoms with van der Waals surface area (Å²) in [5, 5.41) is 8.57. The molecule has 0 heterocycles. The van der Waals surface area contributed by atoms with Crippen LogP contribution in [0.3, 0.4) is 0 Å². The van der Waals surface area contributed by atoms with Crippen LogP contribution < -0.4 is 9.47 Å². The summed E-state index contributed by atoms with van der Waals surface area (Å²) in [6.07, 6.45) is 1.49. The van der Waals surface area contributed by atoms with E-state index in [-0.39, 0.29) is 0 Å². The van der Waals surface area contributed by atoms with Gasteiger partial charge in [-0.2, -0.15) is 5.26 Å². The third kappa shape index (κ3) is 2.50. The lowest BCUT2D eigenvalue weighted by Gasteiger charge is -2.09. The van der Waals surface area contributed by atoms with Gasteiger partial charge in [0.2, 0.25) is 0 Å². The molecule has 1 aromatic carbocycles. The molecule has 3 heteroatoms. The smallest absolute Gasteiger partial charge is 0.130 e. The molecule has 0 fully saturated rings. The van der Waals surface area contributed by atoms with Crippen LogP contribution in [0.5, 0.6) is 11.5 Å². The van der Waals surface area contributed by atoms with Crippen molar-refractivity contribution in [1.29, 1.82) is 5.26 Å². The first-order valence-corrected chi connectivity index (χ1v) is 4.51. The average Bonchev–Trinajstić information content (AvgIpc) is 2.28. The van der Waals surface area contributed by atoms with Gasteiger partial charge in [0.1, 0.15) is 11.5 Å². The molecule has 0 saturated heterocycles. The molecule has 1 aromatic rings. The predicted octanol–water partition coefficient (Wildman–Crippen LogP) is 2.63. The van der Waals surface area contributed by atoms with Crippen LogP contribution >= 0.6 is 0 Å². The Morgan fingerprint density at radius 2 is 2.07 bits per heavy atom. The van der Waals surface area contributed by atoms with Crippen molar-refractivity contribution in [3.05, 3.63) is 29.8 Å². The highest BCUT2D eigenvalue weighted by molar-refractivity contribution is 5.71. The SMILES string of the molecule is COc1ccc(/C(C)=C/C#N)c(OC)c1. The van der Waals surface area contributed by atoms with Crippen LogP contribution in [0.15, 0.2) is 24.3 Å². The second-order valence-corrected chi connectivity index (χ2v) is 3.02. The van der Waals surface area contributed by atoms with E-state index >= 15 is 0 Å². The van der Waals surface area contributed by atoms with Crippen LogP contribution in [0.4, 0.5) is 0 Å². The Balaban J connectivity index is 3.20. The number of nitrogens with zero attached hydrogens (tertiary/aromatic N) is 1. The molecule has 3 nitrogen and oxygen atoms in total. The topological polar surface area (TPSA) is 42.2 Å². The molecule has 0 aliphatic carbocycles. The van der Waals surface area contributed by atoms with E-state index < -0.39 is 0 Å². The molecule has 15 heavy (non-hydrogen) atoms. The number of allylic oxidation sites excluding steroid dienone is 2. The molecule has 0 aliphatic heterocycles. The molecule has 78 valence electrons. The Hall–Kier alpha value is -1.95. The average molecular weight is 203 g/mol. The first-order chi connectivity index (χ1) is 7.22. The molecule has 0 aromatic heterocycles. The van der Waals surface area contributed by atoms with Crippen LogP contribution in [0.25, 0.3) is 5.57 Å². The highest BCUT2D eigenvalue weighted by Gasteiger charge is 2.06. The fourth-order valence-corrected chi connectivity index (χ4v) is 1.30. The monoisotopic (exact) mass is 203 g/mol. The van der Waals surface area contributed by atoms with Gasteiger partial charge in [0.15, 0.2) is 0 Å². The first kappa shape index (κ1) is 11.1. The van der Waals surface area contributed by atoms with Gasteiger partial charge in [0.05, 0.1) is 20.3 Å². The molecule has 0 atom stereocenters. The summed E-state index contributed by atoms with van der Waals surface area (Å²) in [5.41, 5.74) is 1.77. The highest BCUT2D eigenvalue weighted by Crippen LogP contribution is 2.29. The van der Waals surface area contributed by atoms with Crippen LogP contribution in [0.1, 0.15) is 12.5 Å². The van der Waals surface area contributed by atoms with Gasteiger partial charge < -0.3 is 9.47 Å². The van der Waals surface area contributed by atoms with Crippen molar-refractivity contribution in [3.8, 4) is 17.6 Å². The third-order valence-corrected chi connectivity index (χ3v) is 2.11. The number of ether oxygens (including phenoxy) is 2. The summed E-state index contributed by atoms with van der Waals surface area (Å²) in [6, 6.07) is 7.51. The lowest BCUT2D eigenvalue weighted by Crippen LogP contribution is -1.91. The van der Waals surface area contributed by atoms with E-state index in [1.165, 1.54) is 6.08 Å². The molecule has 1 rings (SSSR count). The van der Waals surface area contributed by atoms with Gasteiger partial charge >= 0.3 is 0 Å². The van der Waals surface area contributed by atoms with Crippen molar-refractivity contribution >= 4 is 5.57 Å². The van der Waals surface area contributed by atoms with Crippen molar-refractivity contribution in [1.82, 2.24) is 0 Å². The summed E-state index contributed by atoms with van der Waals surface area (Å²) in [7, 11) is 3.20. The molecule has 0 aliphatic rings. The minimum Gasteiger partial charge on any atom is -0.497 e. The molecule has 0 bridgehead atoms. The van der Waals surface area contributed by atoms with Gasteiger partial charge in [-0.15, -0.1) is 0 Å².